The molecule has 0 aromatic heterocycles. The molecule has 0 N–H and O–H groups in total. The minimum Gasteiger partial charge on any atom is -0.0622 e. The van der Waals surface area contributed by atoms with E-state index in [0.717, 1.165) is 0 Å². The smallest absolute Gasteiger partial charge is 0.0105 e. The zero-order valence-electron chi connectivity index (χ0n) is 38.2. The first kappa shape index (κ1) is 42.9. The van der Waals surface area contributed by atoms with Gasteiger partial charge in [-0.15, -0.1) is 0 Å². The van der Waals surface area contributed by atoms with Gasteiger partial charge in [0.15, 0.2) is 0 Å². The topological polar surface area (TPSA) is 0 Å². The lowest BCUT2D eigenvalue weighted by Crippen LogP contribution is -2.04. The van der Waals surface area contributed by atoms with Crippen LogP contribution >= 0.6 is 0 Å². The van der Waals surface area contributed by atoms with Crippen molar-refractivity contribution in [3.05, 3.63) is 261 Å². The fraction of sp³-hybridized carbons (Fsp3) is 0.182. The molecule has 2 fully saturated rings. The third-order valence-corrected chi connectivity index (χ3v) is 14.1. The van der Waals surface area contributed by atoms with Gasteiger partial charge in [-0.2, -0.15) is 0 Å². The second-order valence-corrected chi connectivity index (χ2v) is 18.6. The monoisotopic (exact) mass is 852 g/mol. The molecule has 8 aromatic carbocycles. The van der Waals surface area contributed by atoms with Crippen molar-refractivity contribution < 1.29 is 0 Å². The van der Waals surface area contributed by atoms with Gasteiger partial charge in [0.2, 0.25) is 0 Å². The largest absolute Gasteiger partial charge is 0.0622 e. The number of rotatable bonds is 12. The normalized spacial score (nSPS) is 15.5. The maximum Gasteiger partial charge on any atom is -0.0105 e. The highest BCUT2D eigenvalue weighted by atomic mass is 14.2. The lowest BCUT2D eigenvalue weighted by molar-refractivity contribution is 0.443. The molecule has 8 aromatic rings. The maximum atomic E-state index is 2.37. The summed E-state index contributed by atoms with van der Waals surface area (Å²) in [6.07, 6.45) is 27.1. The molecular weight excluding hydrogens is 793 g/mol. The van der Waals surface area contributed by atoms with Gasteiger partial charge in [-0.05, 0) is 150 Å². The third-order valence-electron chi connectivity index (χ3n) is 14.1. The Balaban J connectivity index is 0.861. The number of hydrogen-bond donors (Lipinski definition) is 0. The van der Waals surface area contributed by atoms with Crippen molar-refractivity contribution in [3.8, 4) is 0 Å². The van der Waals surface area contributed by atoms with E-state index in [4.69, 9.17) is 0 Å². The van der Waals surface area contributed by atoms with E-state index in [9.17, 15) is 0 Å². The van der Waals surface area contributed by atoms with E-state index >= 15 is 0 Å². The zero-order valence-corrected chi connectivity index (χ0v) is 38.2. The van der Waals surface area contributed by atoms with Crippen molar-refractivity contribution in [1.82, 2.24) is 0 Å². The Labute approximate surface area is 393 Å². The van der Waals surface area contributed by atoms with Crippen LogP contribution in [0.4, 0.5) is 0 Å². The Morgan fingerprint density at radius 2 is 0.712 bits per heavy atom. The summed E-state index contributed by atoms with van der Waals surface area (Å²) >= 11 is 0. The van der Waals surface area contributed by atoms with E-state index in [1.165, 1.54) is 153 Å². The number of fused-ring (bicyclic) bond motifs is 1. The molecule has 10 rings (SSSR count). The van der Waals surface area contributed by atoms with Crippen LogP contribution in [0.3, 0.4) is 0 Å². The van der Waals surface area contributed by atoms with Crippen LogP contribution in [0, 0.1) is 0 Å². The molecule has 0 saturated heterocycles. The second-order valence-electron chi connectivity index (χ2n) is 18.6. The van der Waals surface area contributed by atoms with Gasteiger partial charge in [0.05, 0.1) is 0 Å². The maximum absolute atomic E-state index is 2.37. The molecule has 0 unspecified atom stereocenters. The van der Waals surface area contributed by atoms with Gasteiger partial charge in [-0.25, -0.2) is 0 Å². The fourth-order valence-corrected chi connectivity index (χ4v) is 10.4. The van der Waals surface area contributed by atoms with E-state index < -0.39 is 0 Å². The highest BCUT2D eigenvalue weighted by Gasteiger charge is 2.17. The Hall–Kier alpha value is -7.02. The molecular formula is C66H60. The van der Waals surface area contributed by atoms with Crippen molar-refractivity contribution in [2.24, 2.45) is 0 Å². The molecule has 0 bridgehead atoms. The average Bonchev–Trinajstić information content (AvgIpc) is 3.40. The Morgan fingerprint density at radius 3 is 1.20 bits per heavy atom. The van der Waals surface area contributed by atoms with E-state index in [2.05, 4.69) is 231 Å². The lowest BCUT2D eigenvalue weighted by atomic mass is 9.83. The van der Waals surface area contributed by atoms with Crippen LogP contribution < -0.4 is 0 Å². The summed E-state index contributed by atoms with van der Waals surface area (Å²) in [5.74, 6) is 1.42. The minimum atomic E-state index is 0.709. The molecule has 0 radical (unpaired) electrons. The molecule has 0 heteroatoms. The highest BCUT2D eigenvalue weighted by molar-refractivity contribution is 5.96. The molecule has 2 aliphatic carbocycles. The summed E-state index contributed by atoms with van der Waals surface area (Å²) < 4.78 is 0. The molecule has 0 nitrogen and oxygen atoms in total. The van der Waals surface area contributed by atoms with Gasteiger partial charge in [0, 0.05) is 0 Å². The number of benzene rings is 8. The van der Waals surface area contributed by atoms with E-state index in [1.807, 2.05) is 0 Å². The van der Waals surface area contributed by atoms with Gasteiger partial charge in [-0.1, -0.05) is 245 Å². The van der Waals surface area contributed by atoms with Crippen LogP contribution in [-0.4, -0.2) is 0 Å². The molecule has 0 atom stereocenters. The molecule has 0 spiro atoms. The summed E-state index contributed by atoms with van der Waals surface area (Å²) in [4.78, 5) is 0. The summed E-state index contributed by atoms with van der Waals surface area (Å²) in [7, 11) is 0. The molecule has 324 valence electrons. The Bertz CT molecular complexity index is 2950. The predicted octanol–water partition coefficient (Wildman–Crippen LogP) is 18.5. The van der Waals surface area contributed by atoms with Gasteiger partial charge >= 0.3 is 0 Å². The van der Waals surface area contributed by atoms with Crippen LogP contribution in [0.2, 0.25) is 0 Å². The van der Waals surface area contributed by atoms with Crippen LogP contribution in [0.5, 0.6) is 0 Å². The van der Waals surface area contributed by atoms with Crippen LogP contribution in [0.15, 0.2) is 194 Å². The first-order chi connectivity index (χ1) is 32.7. The Kier molecular flexibility index (Phi) is 13.6. The first-order valence-corrected chi connectivity index (χ1v) is 24.5. The molecule has 0 aliphatic heterocycles. The fourth-order valence-electron chi connectivity index (χ4n) is 10.4. The van der Waals surface area contributed by atoms with Crippen LogP contribution in [0.1, 0.15) is 143 Å². The molecule has 66 heavy (non-hydrogen) atoms. The molecule has 2 aliphatic rings. The zero-order chi connectivity index (χ0) is 44.3. The van der Waals surface area contributed by atoms with Crippen LogP contribution in [-0.2, 0) is 0 Å². The summed E-state index contributed by atoms with van der Waals surface area (Å²) in [6.45, 7) is 0. The second kappa shape index (κ2) is 20.9. The van der Waals surface area contributed by atoms with Crippen LogP contribution in [0.25, 0.3) is 58.4 Å². The van der Waals surface area contributed by atoms with E-state index in [1.54, 1.807) is 0 Å². The van der Waals surface area contributed by atoms with Gasteiger partial charge in [0.25, 0.3) is 0 Å². The van der Waals surface area contributed by atoms with Crippen molar-refractivity contribution in [1.29, 1.82) is 0 Å². The number of hydrogen-bond acceptors (Lipinski definition) is 0. The van der Waals surface area contributed by atoms with Crippen molar-refractivity contribution >= 4 is 58.4 Å². The molecule has 2 saturated carbocycles. The summed E-state index contributed by atoms with van der Waals surface area (Å²) in [5, 5.41) is 2.49. The SMILES string of the molecule is C(=C/c1cc(/C=C\c2ccc(/C=C(/c3ccccc3)c3ccc(C4CCCCC4)cc3)cc2)c2ccccc2c1)/c1ccc(/C=C(/c2ccccc2)c2ccc(C3CCCCC3)cc2)cc1. The van der Waals surface area contributed by atoms with E-state index in [-0.39, 0.29) is 0 Å². The Morgan fingerprint density at radius 1 is 0.318 bits per heavy atom. The van der Waals surface area contributed by atoms with Gasteiger partial charge in [0.1, 0.15) is 0 Å². The average molecular weight is 853 g/mol. The summed E-state index contributed by atoms with van der Waals surface area (Å²) in [5.41, 5.74) is 17.6. The first-order valence-electron chi connectivity index (χ1n) is 24.5. The third kappa shape index (κ3) is 10.6. The van der Waals surface area contributed by atoms with E-state index in [0.29, 0.717) is 11.8 Å². The van der Waals surface area contributed by atoms with Crippen molar-refractivity contribution in [2.75, 3.05) is 0 Å². The minimum absolute atomic E-state index is 0.709. The van der Waals surface area contributed by atoms with Gasteiger partial charge < -0.3 is 0 Å². The molecule has 0 amide bonds. The van der Waals surface area contributed by atoms with Gasteiger partial charge in [-0.3, -0.25) is 0 Å². The lowest BCUT2D eigenvalue weighted by Gasteiger charge is -2.22. The predicted molar refractivity (Wildman–Crippen MR) is 286 cm³/mol. The quantitative estimate of drug-likeness (QED) is 0.107. The van der Waals surface area contributed by atoms with Crippen molar-refractivity contribution in [3.63, 3.8) is 0 Å². The standard InChI is InChI=1S/C66H60/c1-5-15-54(16-6-1)56-37-41-60(42-38-56)65(58-19-9-3-10-20-58)47-51-30-25-49(26-31-51)29-34-53-45-62-23-13-14-24-64(62)63(46-53)36-35-50-27-32-52(33-28-50)48-66(59-21-11-4-12-22-59)61-43-39-57(40-44-61)55-17-7-2-8-18-55/h3-4,9-14,19-48,54-55H,1-2,5-8,15-18H2/b34-29-,36-35-,65-47-,66-48-. The highest BCUT2D eigenvalue weighted by Crippen LogP contribution is 2.36. The summed E-state index contributed by atoms with van der Waals surface area (Å²) in [6, 6.07) is 71.7. The van der Waals surface area contributed by atoms with Crippen molar-refractivity contribution in [2.45, 2.75) is 76.0 Å². The molecule has 0 heterocycles.